The maximum Gasteiger partial charge on any atom is 0.258 e. The van der Waals surface area contributed by atoms with E-state index in [4.69, 9.17) is 0 Å². The number of carbonyl (C=O) groups excluding carboxylic acids is 1. The van der Waals surface area contributed by atoms with Crippen LogP contribution in [0.4, 0.5) is 0 Å². The van der Waals surface area contributed by atoms with Crippen molar-refractivity contribution < 1.29 is 13.2 Å². The highest BCUT2D eigenvalue weighted by molar-refractivity contribution is 7.90. The van der Waals surface area contributed by atoms with Gasteiger partial charge in [0.05, 0.1) is 28.8 Å². The minimum absolute atomic E-state index is 0.0799. The Morgan fingerprint density at radius 2 is 2.10 bits per heavy atom. The van der Waals surface area contributed by atoms with E-state index in [1.165, 1.54) is 4.90 Å². The van der Waals surface area contributed by atoms with E-state index in [1.807, 2.05) is 0 Å². The van der Waals surface area contributed by atoms with E-state index in [0.29, 0.717) is 23.3 Å². The number of allylic oxidation sites excluding steroid dienone is 2. The van der Waals surface area contributed by atoms with Gasteiger partial charge in [0.15, 0.2) is 5.84 Å². The number of nitrogens with zero attached hydrogens (tertiary/aromatic N) is 4. The van der Waals surface area contributed by atoms with Gasteiger partial charge in [-0.25, -0.2) is 13.4 Å². The first-order valence-electron chi connectivity index (χ1n) is 9.13. The fourth-order valence-corrected chi connectivity index (χ4v) is 4.26. The van der Waals surface area contributed by atoms with Gasteiger partial charge in [0.2, 0.25) is 0 Å². The minimum Gasteiger partial charge on any atom is -0.331 e. The molecule has 1 N–H and O–H groups in total. The lowest BCUT2D eigenvalue weighted by Gasteiger charge is -2.30. The van der Waals surface area contributed by atoms with Gasteiger partial charge in [0.25, 0.3) is 21.5 Å². The number of carbonyl (C=O) groups is 1. The van der Waals surface area contributed by atoms with E-state index in [2.05, 4.69) is 14.4 Å². The highest BCUT2D eigenvalue weighted by Gasteiger charge is 2.32. The first kappa shape index (κ1) is 19.1. The molecule has 150 valence electrons. The smallest absolute Gasteiger partial charge is 0.258 e. The lowest BCUT2D eigenvalue weighted by Crippen LogP contribution is -2.43. The molecule has 1 amide bonds. The Labute approximate surface area is 167 Å². The van der Waals surface area contributed by atoms with Crippen LogP contribution in [0.15, 0.2) is 57.4 Å². The average molecular weight is 413 g/mol. The van der Waals surface area contributed by atoms with Gasteiger partial charge in [0.1, 0.15) is 5.82 Å². The number of amides is 1. The van der Waals surface area contributed by atoms with Gasteiger partial charge < -0.3 is 14.8 Å². The van der Waals surface area contributed by atoms with E-state index in [0.717, 1.165) is 0 Å². The van der Waals surface area contributed by atoms with Crippen molar-refractivity contribution in [2.24, 2.45) is 4.40 Å². The van der Waals surface area contributed by atoms with Crippen molar-refractivity contribution >= 4 is 32.7 Å². The molecule has 4 rings (SSSR count). The number of H-pyrrole nitrogens is 1. The molecule has 0 spiro atoms. The molecule has 10 heteroatoms. The summed E-state index contributed by atoms with van der Waals surface area (Å²) in [4.78, 5) is 35.7. The monoisotopic (exact) mass is 413 g/mol. The van der Waals surface area contributed by atoms with Gasteiger partial charge in [-0.15, -0.1) is 4.40 Å². The summed E-state index contributed by atoms with van der Waals surface area (Å²) in [6.45, 7) is 2.47. The first-order valence-corrected chi connectivity index (χ1v) is 10.7. The second-order valence-electron chi connectivity index (χ2n) is 6.67. The van der Waals surface area contributed by atoms with Crippen molar-refractivity contribution in [1.29, 1.82) is 0 Å². The van der Waals surface area contributed by atoms with Crippen LogP contribution in [-0.4, -0.2) is 58.8 Å². The SMILES string of the molecule is CCN(Cc1nc2ccccc2c(=O)[nH]1)C(=O)C1=CC=CN2CCS(=O)(=O)N=C12. The Morgan fingerprint density at radius 3 is 2.90 bits per heavy atom. The topological polar surface area (TPSA) is 116 Å². The largest absolute Gasteiger partial charge is 0.331 e. The molecule has 0 bridgehead atoms. The third kappa shape index (κ3) is 3.70. The summed E-state index contributed by atoms with van der Waals surface area (Å²) < 4.78 is 27.6. The van der Waals surface area contributed by atoms with Crippen molar-refractivity contribution in [1.82, 2.24) is 19.8 Å². The maximum atomic E-state index is 13.1. The van der Waals surface area contributed by atoms with Gasteiger partial charge in [-0.05, 0) is 31.2 Å². The van der Waals surface area contributed by atoms with Gasteiger partial charge in [-0.2, -0.15) is 0 Å². The summed E-state index contributed by atoms with van der Waals surface area (Å²) in [5, 5.41) is 0.475. The van der Waals surface area contributed by atoms with E-state index >= 15 is 0 Å². The summed E-state index contributed by atoms with van der Waals surface area (Å²) >= 11 is 0. The van der Waals surface area contributed by atoms with Crippen molar-refractivity contribution in [3.63, 3.8) is 0 Å². The summed E-state index contributed by atoms with van der Waals surface area (Å²) in [6, 6.07) is 6.97. The van der Waals surface area contributed by atoms with Crippen molar-refractivity contribution in [2.45, 2.75) is 13.5 Å². The zero-order chi connectivity index (χ0) is 20.6. The number of rotatable bonds is 4. The Morgan fingerprint density at radius 1 is 1.31 bits per heavy atom. The number of nitrogens with one attached hydrogen (secondary N) is 1. The third-order valence-electron chi connectivity index (χ3n) is 4.76. The quantitative estimate of drug-likeness (QED) is 0.792. The summed E-state index contributed by atoms with van der Waals surface area (Å²) in [7, 11) is -3.60. The molecule has 0 aliphatic carbocycles. The van der Waals surface area contributed by atoms with Crippen LogP contribution in [0.1, 0.15) is 12.7 Å². The normalized spacial score (nSPS) is 17.5. The maximum absolute atomic E-state index is 13.1. The number of sulfonamides is 1. The predicted molar refractivity (Wildman–Crippen MR) is 109 cm³/mol. The number of amidine groups is 1. The number of aromatic amines is 1. The van der Waals surface area contributed by atoms with Crippen LogP contribution >= 0.6 is 0 Å². The van der Waals surface area contributed by atoms with Crippen LogP contribution < -0.4 is 5.56 Å². The number of hydrogen-bond donors (Lipinski definition) is 1. The zero-order valence-corrected chi connectivity index (χ0v) is 16.5. The second kappa shape index (κ2) is 7.28. The van der Waals surface area contributed by atoms with E-state index in [-0.39, 0.29) is 41.7 Å². The van der Waals surface area contributed by atoms with Crippen LogP contribution in [0, 0.1) is 0 Å². The van der Waals surface area contributed by atoms with Gasteiger partial charge >= 0.3 is 0 Å². The van der Waals surface area contributed by atoms with Crippen LogP contribution in [0.2, 0.25) is 0 Å². The molecule has 29 heavy (non-hydrogen) atoms. The molecule has 2 aliphatic rings. The molecule has 1 aromatic carbocycles. The van der Waals surface area contributed by atoms with E-state index < -0.39 is 10.0 Å². The van der Waals surface area contributed by atoms with Gasteiger partial charge in [0, 0.05) is 19.3 Å². The highest BCUT2D eigenvalue weighted by Crippen LogP contribution is 2.20. The number of aromatic nitrogens is 2. The molecular weight excluding hydrogens is 394 g/mol. The number of hydrogen-bond acceptors (Lipinski definition) is 6. The molecular formula is C19H19N5O4S. The van der Waals surface area contributed by atoms with Crippen LogP contribution in [0.25, 0.3) is 10.9 Å². The Bertz CT molecular complexity index is 1240. The molecule has 0 saturated heterocycles. The van der Waals surface area contributed by atoms with Crippen molar-refractivity contribution in [3.05, 3.63) is 64.4 Å². The number of likely N-dealkylation sites (N-methyl/N-ethyl adjacent to an activating group) is 1. The number of benzene rings is 1. The standard InChI is InChI=1S/C19H19N5O4S/c1-2-23(12-16-20-15-8-4-3-6-13(15)18(25)21-16)19(26)14-7-5-9-24-10-11-29(27,28)22-17(14)24/h3-9H,2,10-12H2,1H3,(H,20,21,25). The number of fused-ring (bicyclic) bond motifs is 2. The molecule has 0 unspecified atom stereocenters. The summed E-state index contributed by atoms with van der Waals surface area (Å²) in [6.07, 6.45) is 4.94. The third-order valence-corrected chi connectivity index (χ3v) is 5.91. The lowest BCUT2D eigenvalue weighted by molar-refractivity contribution is -0.127. The fraction of sp³-hybridized carbons (Fsp3) is 0.263. The van der Waals surface area contributed by atoms with Gasteiger partial charge in [-0.1, -0.05) is 12.1 Å². The Hall–Kier alpha value is -3.27. The first-order chi connectivity index (χ1) is 13.9. The molecule has 9 nitrogen and oxygen atoms in total. The molecule has 3 heterocycles. The minimum atomic E-state index is -3.60. The molecule has 1 aromatic heterocycles. The van der Waals surface area contributed by atoms with Crippen LogP contribution in [-0.2, 0) is 21.4 Å². The van der Waals surface area contributed by atoms with Crippen LogP contribution in [0.5, 0.6) is 0 Å². The van der Waals surface area contributed by atoms with Gasteiger partial charge in [-0.3, -0.25) is 9.59 Å². The number of para-hydroxylation sites is 1. The Kier molecular flexibility index (Phi) is 4.79. The van der Waals surface area contributed by atoms with E-state index in [1.54, 1.807) is 54.4 Å². The second-order valence-corrected chi connectivity index (χ2v) is 8.42. The summed E-state index contributed by atoms with van der Waals surface area (Å²) in [5.41, 5.74) is 0.465. The highest BCUT2D eigenvalue weighted by atomic mass is 32.2. The predicted octanol–water partition coefficient (Wildman–Crippen LogP) is 0.769. The molecule has 0 fully saturated rings. The van der Waals surface area contributed by atoms with Crippen LogP contribution in [0.3, 0.4) is 0 Å². The zero-order valence-electron chi connectivity index (χ0n) is 15.7. The molecule has 2 aliphatic heterocycles. The lowest BCUT2D eigenvalue weighted by atomic mass is 10.1. The fourth-order valence-electron chi connectivity index (χ4n) is 3.27. The molecule has 2 aromatic rings. The van der Waals surface area contributed by atoms with E-state index in [9.17, 15) is 18.0 Å². The molecule has 0 atom stereocenters. The summed E-state index contributed by atoms with van der Waals surface area (Å²) in [5.74, 6) is 0.00350. The van der Waals surface area contributed by atoms with Crippen molar-refractivity contribution in [2.75, 3.05) is 18.8 Å². The average Bonchev–Trinajstić information content (AvgIpc) is 2.70. The molecule has 0 radical (unpaired) electrons. The molecule has 0 saturated carbocycles. The van der Waals surface area contributed by atoms with Crippen molar-refractivity contribution in [3.8, 4) is 0 Å². The Balaban J connectivity index is 1.65.